The van der Waals surface area contributed by atoms with Gasteiger partial charge in [0.05, 0.1) is 18.3 Å². The van der Waals surface area contributed by atoms with Gasteiger partial charge in [-0.2, -0.15) is 4.73 Å². The lowest BCUT2D eigenvalue weighted by molar-refractivity contribution is 0.0973. The lowest BCUT2D eigenvalue weighted by atomic mass is 10.2. The molecule has 0 bridgehead atoms. The van der Waals surface area contributed by atoms with Crippen LogP contribution in [0.15, 0.2) is 30.5 Å². The number of nitrogens with zero attached hydrogens (tertiary/aromatic N) is 1. The number of aliphatic hydroxyl groups excluding tert-OH is 1. The first-order valence-corrected chi connectivity index (χ1v) is 5.55. The number of aromatic nitrogens is 1. The molecule has 1 heterocycles. The normalized spacial score (nSPS) is 11.2. The van der Waals surface area contributed by atoms with E-state index in [-0.39, 0.29) is 6.61 Å². The Morgan fingerprint density at radius 1 is 1.31 bits per heavy atom. The minimum absolute atomic E-state index is 0.0402. The van der Waals surface area contributed by atoms with E-state index in [1.165, 1.54) is 0 Å². The number of benzene rings is 1. The highest BCUT2D eigenvalue weighted by atomic mass is 16.7. The summed E-state index contributed by atoms with van der Waals surface area (Å²) in [6.07, 6.45) is 1.85. The third kappa shape index (κ3) is 2.04. The molecular formula is C13H17NO2. The molecule has 0 aliphatic rings. The van der Waals surface area contributed by atoms with E-state index >= 15 is 0 Å². The zero-order chi connectivity index (χ0) is 11.5. The molecule has 0 fully saturated rings. The van der Waals surface area contributed by atoms with Crippen LogP contribution >= 0.6 is 0 Å². The second-order valence-electron chi connectivity index (χ2n) is 4.35. The van der Waals surface area contributed by atoms with E-state index in [4.69, 9.17) is 4.84 Å². The zero-order valence-electron chi connectivity index (χ0n) is 9.68. The lowest BCUT2D eigenvalue weighted by Crippen LogP contribution is -2.15. The Labute approximate surface area is 95.2 Å². The Morgan fingerprint density at radius 2 is 2.06 bits per heavy atom. The molecule has 1 N–H and O–H groups in total. The highest BCUT2D eigenvalue weighted by Gasteiger charge is 2.07. The monoisotopic (exact) mass is 219 g/mol. The molecule has 0 amide bonds. The van der Waals surface area contributed by atoms with Gasteiger partial charge in [-0.05, 0) is 12.0 Å². The number of aliphatic hydroxyl groups is 1. The summed E-state index contributed by atoms with van der Waals surface area (Å²) >= 11 is 0. The largest absolute Gasteiger partial charge is 0.414 e. The second kappa shape index (κ2) is 4.58. The van der Waals surface area contributed by atoms with E-state index in [1.54, 1.807) is 4.73 Å². The van der Waals surface area contributed by atoms with Crippen LogP contribution in [0.1, 0.15) is 19.4 Å². The lowest BCUT2D eigenvalue weighted by Gasteiger charge is -2.09. The predicted octanol–water partition coefficient (Wildman–Crippen LogP) is 2.22. The van der Waals surface area contributed by atoms with Crippen LogP contribution < -0.4 is 4.84 Å². The van der Waals surface area contributed by atoms with Gasteiger partial charge in [0.15, 0.2) is 0 Å². The quantitative estimate of drug-likeness (QED) is 0.855. The molecule has 0 radical (unpaired) electrons. The molecule has 86 valence electrons. The maximum Gasteiger partial charge on any atom is 0.117 e. The SMILES string of the molecule is CC(C)COn1cc(CO)c2ccccc21. The summed E-state index contributed by atoms with van der Waals surface area (Å²) in [5.41, 5.74) is 1.91. The van der Waals surface area contributed by atoms with Gasteiger partial charge >= 0.3 is 0 Å². The number of hydrogen-bond acceptors (Lipinski definition) is 2. The average Bonchev–Trinajstić information content (AvgIpc) is 2.65. The predicted molar refractivity (Wildman–Crippen MR) is 64.1 cm³/mol. The van der Waals surface area contributed by atoms with Crippen molar-refractivity contribution >= 4 is 10.9 Å². The topological polar surface area (TPSA) is 34.4 Å². The van der Waals surface area contributed by atoms with Crippen molar-refractivity contribution in [3.63, 3.8) is 0 Å². The molecule has 0 aliphatic carbocycles. The first kappa shape index (κ1) is 11.0. The molecule has 0 saturated heterocycles. The smallest absolute Gasteiger partial charge is 0.117 e. The molecule has 16 heavy (non-hydrogen) atoms. The van der Waals surface area contributed by atoms with Crippen molar-refractivity contribution < 1.29 is 9.94 Å². The fourth-order valence-corrected chi connectivity index (χ4v) is 1.68. The van der Waals surface area contributed by atoms with Crippen LogP contribution in [0.4, 0.5) is 0 Å². The molecule has 0 unspecified atom stereocenters. The summed E-state index contributed by atoms with van der Waals surface area (Å²) in [7, 11) is 0. The van der Waals surface area contributed by atoms with Crippen LogP contribution in [0.5, 0.6) is 0 Å². The van der Waals surface area contributed by atoms with E-state index in [0.29, 0.717) is 12.5 Å². The van der Waals surface area contributed by atoms with Gasteiger partial charge in [-0.15, -0.1) is 0 Å². The number of para-hydroxylation sites is 1. The maximum absolute atomic E-state index is 9.26. The minimum atomic E-state index is 0.0402. The van der Waals surface area contributed by atoms with Crippen LogP contribution in [-0.2, 0) is 6.61 Å². The van der Waals surface area contributed by atoms with Crippen molar-refractivity contribution in [3.05, 3.63) is 36.0 Å². The Bertz CT molecular complexity index is 474. The molecular weight excluding hydrogens is 202 g/mol. The van der Waals surface area contributed by atoms with Crippen LogP contribution in [-0.4, -0.2) is 16.4 Å². The molecule has 0 saturated carbocycles. The average molecular weight is 219 g/mol. The summed E-state index contributed by atoms with van der Waals surface area (Å²) < 4.78 is 1.75. The van der Waals surface area contributed by atoms with E-state index in [9.17, 15) is 5.11 Å². The third-order valence-electron chi connectivity index (χ3n) is 2.48. The van der Waals surface area contributed by atoms with E-state index in [0.717, 1.165) is 16.5 Å². The van der Waals surface area contributed by atoms with Crippen molar-refractivity contribution in [2.24, 2.45) is 5.92 Å². The van der Waals surface area contributed by atoms with Gasteiger partial charge in [-0.25, -0.2) is 0 Å². The summed E-state index contributed by atoms with van der Waals surface area (Å²) in [5.74, 6) is 0.485. The van der Waals surface area contributed by atoms with Gasteiger partial charge in [0.2, 0.25) is 0 Å². The number of rotatable bonds is 4. The molecule has 2 aromatic rings. The van der Waals surface area contributed by atoms with Crippen LogP contribution in [0.25, 0.3) is 10.9 Å². The highest BCUT2D eigenvalue weighted by Crippen LogP contribution is 2.20. The van der Waals surface area contributed by atoms with Gasteiger partial charge < -0.3 is 9.94 Å². The molecule has 1 aromatic carbocycles. The second-order valence-corrected chi connectivity index (χ2v) is 4.35. The summed E-state index contributed by atoms with van der Waals surface area (Å²) in [6, 6.07) is 7.93. The fourth-order valence-electron chi connectivity index (χ4n) is 1.68. The van der Waals surface area contributed by atoms with Crippen LogP contribution in [0.3, 0.4) is 0 Å². The molecule has 0 spiro atoms. The number of hydrogen-bond donors (Lipinski definition) is 1. The van der Waals surface area contributed by atoms with Gasteiger partial charge in [-0.3, -0.25) is 0 Å². The first-order chi connectivity index (χ1) is 7.72. The van der Waals surface area contributed by atoms with Crippen molar-refractivity contribution in [2.45, 2.75) is 20.5 Å². The Morgan fingerprint density at radius 3 is 2.75 bits per heavy atom. The zero-order valence-corrected chi connectivity index (χ0v) is 9.68. The Hall–Kier alpha value is -1.48. The highest BCUT2D eigenvalue weighted by molar-refractivity contribution is 5.83. The molecule has 1 aromatic heterocycles. The standard InChI is InChI=1S/C13H17NO2/c1-10(2)9-16-14-7-11(8-15)12-5-3-4-6-13(12)14/h3-7,10,15H,8-9H2,1-2H3. The molecule has 2 rings (SSSR count). The Kier molecular flexibility index (Phi) is 3.15. The minimum Gasteiger partial charge on any atom is -0.414 e. The summed E-state index contributed by atoms with van der Waals surface area (Å²) in [4.78, 5) is 5.67. The van der Waals surface area contributed by atoms with E-state index < -0.39 is 0 Å². The fraction of sp³-hybridized carbons (Fsp3) is 0.385. The van der Waals surface area contributed by atoms with Crippen LogP contribution in [0, 0.1) is 5.92 Å². The van der Waals surface area contributed by atoms with E-state index in [1.807, 2.05) is 30.5 Å². The molecule has 3 nitrogen and oxygen atoms in total. The molecule has 0 aliphatic heterocycles. The molecule has 3 heteroatoms. The van der Waals surface area contributed by atoms with Crippen molar-refractivity contribution in [3.8, 4) is 0 Å². The van der Waals surface area contributed by atoms with Crippen molar-refractivity contribution in [2.75, 3.05) is 6.61 Å². The summed E-state index contributed by atoms with van der Waals surface area (Å²) in [5, 5.41) is 10.3. The van der Waals surface area contributed by atoms with Gasteiger partial charge in [0.25, 0.3) is 0 Å². The van der Waals surface area contributed by atoms with Crippen molar-refractivity contribution in [1.29, 1.82) is 0 Å². The Balaban J connectivity index is 2.37. The third-order valence-corrected chi connectivity index (χ3v) is 2.48. The van der Waals surface area contributed by atoms with Crippen LogP contribution in [0.2, 0.25) is 0 Å². The summed E-state index contributed by atoms with van der Waals surface area (Å²) in [6.45, 7) is 4.93. The van der Waals surface area contributed by atoms with Crippen molar-refractivity contribution in [1.82, 2.24) is 4.73 Å². The van der Waals surface area contributed by atoms with Gasteiger partial charge in [-0.1, -0.05) is 32.0 Å². The maximum atomic E-state index is 9.26. The van der Waals surface area contributed by atoms with Gasteiger partial charge in [0.1, 0.15) is 6.61 Å². The number of fused-ring (bicyclic) bond motifs is 1. The van der Waals surface area contributed by atoms with E-state index in [2.05, 4.69) is 13.8 Å². The first-order valence-electron chi connectivity index (χ1n) is 5.55. The molecule has 0 atom stereocenters. The van der Waals surface area contributed by atoms with Gasteiger partial charge in [0, 0.05) is 10.9 Å².